The van der Waals surface area contributed by atoms with Crippen LogP contribution in [0.4, 0.5) is 13.2 Å². The number of carbonyl (C=O) groups is 2. The summed E-state index contributed by atoms with van der Waals surface area (Å²) in [7, 11) is 1.20. The smallest absolute Gasteiger partial charge is 0.417 e. The minimum atomic E-state index is -4.64. The van der Waals surface area contributed by atoms with Crippen molar-refractivity contribution < 1.29 is 27.5 Å². The number of carbonyl (C=O) groups excluding carboxylic acids is 2. The van der Waals surface area contributed by atoms with E-state index < -0.39 is 41.8 Å². The number of halogens is 3. The second-order valence-corrected chi connectivity index (χ2v) is 6.42. The Morgan fingerprint density at radius 2 is 1.82 bits per heavy atom. The number of hydrogen-bond acceptors (Lipinski definition) is 4. The first-order valence-corrected chi connectivity index (χ1v) is 8.42. The van der Waals surface area contributed by atoms with Crippen molar-refractivity contribution in [2.24, 2.45) is 0 Å². The normalized spacial score (nSPS) is 16.4. The van der Waals surface area contributed by atoms with Crippen molar-refractivity contribution in [3.05, 3.63) is 69.6 Å². The quantitative estimate of drug-likeness (QED) is 0.747. The number of pyridine rings is 1. The van der Waals surface area contributed by atoms with Crippen LogP contribution in [0.5, 0.6) is 0 Å². The van der Waals surface area contributed by atoms with Crippen LogP contribution < -0.4 is 5.56 Å². The van der Waals surface area contributed by atoms with Crippen molar-refractivity contribution in [3.63, 3.8) is 0 Å². The van der Waals surface area contributed by atoms with Crippen LogP contribution in [0, 0.1) is 0 Å². The van der Waals surface area contributed by atoms with Crippen molar-refractivity contribution in [3.8, 4) is 0 Å². The van der Waals surface area contributed by atoms with E-state index in [1.165, 1.54) is 12.0 Å². The second kappa shape index (κ2) is 7.49. The molecule has 148 valence electrons. The number of nitrogens with zero attached hydrogens (tertiary/aromatic N) is 2. The molecule has 2 aromatic rings. The molecule has 1 aromatic heterocycles. The highest BCUT2D eigenvalue weighted by molar-refractivity contribution is 5.85. The van der Waals surface area contributed by atoms with Gasteiger partial charge in [0.25, 0.3) is 5.56 Å². The van der Waals surface area contributed by atoms with Crippen LogP contribution in [0.1, 0.15) is 16.7 Å². The lowest BCUT2D eigenvalue weighted by molar-refractivity contribution is -0.154. The van der Waals surface area contributed by atoms with E-state index in [1.807, 2.05) is 12.1 Å². The van der Waals surface area contributed by atoms with Crippen LogP contribution in [0.15, 0.2) is 47.4 Å². The van der Waals surface area contributed by atoms with E-state index in [0.29, 0.717) is 16.8 Å². The molecule has 1 amide bonds. The number of esters is 1. The third-order valence-corrected chi connectivity index (χ3v) is 4.66. The van der Waals surface area contributed by atoms with E-state index in [-0.39, 0.29) is 13.0 Å². The number of ether oxygens (including phenoxy) is 1. The summed E-state index contributed by atoms with van der Waals surface area (Å²) in [6.07, 6.45) is -3.81. The van der Waals surface area contributed by atoms with Gasteiger partial charge in [0.05, 0.1) is 12.7 Å². The number of fused-ring (bicyclic) bond motifs is 1. The predicted molar refractivity (Wildman–Crippen MR) is 92.2 cm³/mol. The Hall–Kier alpha value is -3.10. The first-order chi connectivity index (χ1) is 13.2. The number of aromatic nitrogens is 1. The molecule has 0 saturated heterocycles. The summed E-state index contributed by atoms with van der Waals surface area (Å²) >= 11 is 0. The van der Waals surface area contributed by atoms with Gasteiger partial charge in [-0.3, -0.25) is 9.59 Å². The summed E-state index contributed by atoms with van der Waals surface area (Å²) in [4.78, 5) is 38.1. The third-order valence-electron chi connectivity index (χ3n) is 4.66. The molecule has 0 fully saturated rings. The van der Waals surface area contributed by atoms with E-state index in [9.17, 15) is 27.6 Å². The Labute approximate surface area is 158 Å². The molecule has 0 aliphatic carbocycles. The summed E-state index contributed by atoms with van der Waals surface area (Å²) in [6.45, 7) is -0.513. The average Bonchev–Trinajstić information content (AvgIpc) is 2.67. The maximum absolute atomic E-state index is 12.9. The number of benzene rings is 1. The molecule has 1 aromatic carbocycles. The lowest BCUT2D eigenvalue weighted by atomic mass is 9.94. The van der Waals surface area contributed by atoms with Crippen LogP contribution in [0.3, 0.4) is 0 Å². The second-order valence-electron chi connectivity index (χ2n) is 6.42. The molecule has 0 saturated carbocycles. The number of rotatable bonds is 3. The van der Waals surface area contributed by atoms with E-state index in [2.05, 4.69) is 0 Å². The zero-order chi connectivity index (χ0) is 20.5. The fourth-order valence-corrected chi connectivity index (χ4v) is 3.19. The molecule has 0 unspecified atom stereocenters. The van der Waals surface area contributed by atoms with Crippen molar-refractivity contribution >= 4 is 11.9 Å². The summed E-state index contributed by atoms with van der Waals surface area (Å²) in [5.74, 6) is -1.27. The van der Waals surface area contributed by atoms with Crippen LogP contribution in [0.25, 0.3) is 0 Å². The number of alkyl halides is 3. The fourth-order valence-electron chi connectivity index (χ4n) is 3.19. The first-order valence-electron chi connectivity index (χ1n) is 8.42. The topological polar surface area (TPSA) is 68.6 Å². The van der Waals surface area contributed by atoms with Gasteiger partial charge in [-0.05, 0) is 17.2 Å². The molecule has 3 rings (SSSR count). The number of methoxy groups -OCH3 is 1. The average molecular weight is 394 g/mol. The van der Waals surface area contributed by atoms with Crippen molar-refractivity contribution in [1.82, 2.24) is 9.47 Å². The predicted octanol–water partition coefficient (Wildman–Crippen LogP) is 1.99. The molecule has 28 heavy (non-hydrogen) atoms. The highest BCUT2D eigenvalue weighted by Crippen LogP contribution is 2.28. The van der Waals surface area contributed by atoms with Crippen LogP contribution in [0.2, 0.25) is 0 Å². The Morgan fingerprint density at radius 1 is 1.14 bits per heavy atom. The van der Waals surface area contributed by atoms with Gasteiger partial charge >= 0.3 is 12.1 Å². The zero-order valence-electron chi connectivity index (χ0n) is 14.9. The summed E-state index contributed by atoms with van der Waals surface area (Å²) in [6, 6.07) is 7.76. The van der Waals surface area contributed by atoms with Crippen LogP contribution in [-0.4, -0.2) is 34.5 Å². The van der Waals surface area contributed by atoms with E-state index >= 15 is 0 Å². The van der Waals surface area contributed by atoms with Gasteiger partial charge in [-0.1, -0.05) is 24.3 Å². The van der Waals surface area contributed by atoms with Gasteiger partial charge in [0.15, 0.2) is 0 Å². The minimum absolute atomic E-state index is 0.0997. The zero-order valence-corrected chi connectivity index (χ0v) is 14.9. The standard InChI is InChI=1S/C19H17F3N2O4/c1-28-18(27)15-8-12-4-2-3-5-13(12)9-24(15)17(26)11-23-10-14(19(20,21)22)6-7-16(23)25/h2-7,10,15H,8-9,11H2,1H3/t15-/m1/s1. The molecule has 6 nitrogen and oxygen atoms in total. The molecule has 0 bridgehead atoms. The van der Waals surface area contributed by atoms with Crippen molar-refractivity contribution in [1.29, 1.82) is 0 Å². The minimum Gasteiger partial charge on any atom is -0.467 e. The lowest BCUT2D eigenvalue weighted by Gasteiger charge is -2.35. The van der Waals surface area contributed by atoms with Crippen molar-refractivity contribution in [2.45, 2.75) is 31.7 Å². The summed E-state index contributed by atoms with van der Waals surface area (Å²) in [5, 5.41) is 0. The lowest BCUT2D eigenvalue weighted by Crippen LogP contribution is -2.50. The highest BCUT2D eigenvalue weighted by atomic mass is 19.4. The Bertz CT molecular complexity index is 968. The monoisotopic (exact) mass is 394 g/mol. The van der Waals surface area contributed by atoms with Gasteiger partial charge in [0, 0.05) is 25.2 Å². The van der Waals surface area contributed by atoms with Gasteiger partial charge < -0.3 is 14.2 Å². The van der Waals surface area contributed by atoms with Gasteiger partial charge in [0.2, 0.25) is 5.91 Å². The maximum Gasteiger partial charge on any atom is 0.417 e. The molecule has 2 heterocycles. The maximum atomic E-state index is 12.9. The molecule has 1 atom stereocenters. The summed E-state index contributed by atoms with van der Waals surface area (Å²) in [5.41, 5.74) is -0.0626. The molecule has 1 aliphatic rings. The summed E-state index contributed by atoms with van der Waals surface area (Å²) < 4.78 is 44.2. The van der Waals surface area contributed by atoms with Crippen molar-refractivity contribution in [2.75, 3.05) is 7.11 Å². The number of hydrogen-bond donors (Lipinski definition) is 0. The van der Waals surface area contributed by atoms with Gasteiger partial charge in [-0.25, -0.2) is 4.79 Å². The molecule has 0 spiro atoms. The van der Waals surface area contributed by atoms with Crippen LogP contribution >= 0.6 is 0 Å². The Balaban J connectivity index is 1.90. The molecular weight excluding hydrogens is 377 g/mol. The van der Waals surface area contributed by atoms with E-state index in [4.69, 9.17) is 4.74 Å². The molecule has 9 heteroatoms. The molecule has 0 radical (unpaired) electrons. The largest absolute Gasteiger partial charge is 0.467 e. The van der Waals surface area contributed by atoms with Gasteiger partial charge in [-0.15, -0.1) is 0 Å². The Kier molecular flexibility index (Phi) is 5.26. The molecular formula is C19H17F3N2O4. The molecule has 1 aliphatic heterocycles. The highest BCUT2D eigenvalue weighted by Gasteiger charge is 2.36. The van der Waals surface area contributed by atoms with Gasteiger partial charge in [-0.2, -0.15) is 13.2 Å². The van der Waals surface area contributed by atoms with E-state index in [0.717, 1.165) is 17.2 Å². The third kappa shape index (κ3) is 3.92. The Morgan fingerprint density at radius 3 is 2.46 bits per heavy atom. The number of amides is 1. The van der Waals surface area contributed by atoms with Crippen LogP contribution in [-0.2, 0) is 40.0 Å². The van der Waals surface area contributed by atoms with E-state index in [1.54, 1.807) is 12.1 Å². The van der Waals surface area contributed by atoms with Gasteiger partial charge in [0.1, 0.15) is 12.6 Å². The fraction of sp³-hybridized carbons (Fsp3) is 0.316. The molecule has 0 N–H and O–H groups in total. The SMILES string of the molecule is COC(=O)[C@H]1Cc2ccccc2CN1C(=O)Cn1cc(C(F)(F)F)ccc1=O. The first kappa shape index (κ1) is 19.7.